The molecule has 4 aliphatic carbocycles. The van der Waals surface area contributed by atoms with Crippen LogP contribution < -0.4 is 11.3 Å². The second-order valence-corrected chi connectivity index (χ2v) is 17.3. The molecule has 5 fully saturated rings. The van der Waals surface area contributed by atoms with E-state index >= 15 is 0 Å². The van der Waals surface area contributed by atoms with E-state index in [-0.39, 0.29) is 29.5 Å². The van der Waals surface area contributed by atoms with E-state index in [9.17, 15) is 29.4 Å². The number of nitrogens with two attached hydrogens (primary N) is 1. The number of hydrogen-bond acceptors (Lipinski definition) is 15. The number of hydrogen-bond donors (Lipinski definition) is 6. The van der Waals surface area contributed by atoms with Gasteiger partial charge in [-0.3, -0.25) is 13.8 Å². The lowest BCUT2D eigenvalue weighted by Crippen LogP contribution is -2.40. The van der Waals surface area contributed by atoms with E-state index in [2.05, 4.69) is 29.9 Å². The summed E-state index contributed by atoms with van der Waals surface area (Å²) in [7, 11) is -4.86. The highest BCUT2D eigenvalue weighted by atomic mass is 32.5. The SMILES string of the molecule is Cc1nc2c(ncn2[C@H]2[C@H](O)[C@@H]3OP(=O)(O)OC[C@@]45C[C@@H]4[C@@H](n4cnc6c(N)ncnc64)[C@H](O)[C@@H]5OP(O)(=S)OC[C@@]34C[C@H]24)c(=O)[nH]1. The third kappa shape index (κ3) is 4.27. The molecule has 22 heteroatoms. The van der Waals surface area contributed by atoms with Gasteiger partial charge in [-0.05, 0) is 43.4 Å². The summed E-state index contributed by atoms with van der Waals surface area (Å²) in [5.74, 6) is -0.289. The molecule has 1 aliphatic heterocycles. The third-order valence-corrected chi connectivity index (χ3v) is 13.2. The molecule has 2 spiro atoms. The zero-order chi connectivity index (χ0) is 32.8. The number of fused-ring (bicyclic) bond motifs is 2. The predicted octanol–water partition coefficient (Wildman–Crippen LogP) is -0.172. The Labute approximate surface area is 269 Å². The van der Waals surface area contributed by atoms with Crippen LogP contribution in [0, 0.1) is 29.6 Å². The first kappa shape index (κ1) is 30.3. The topological polar surface area (TPSA) is 268 Å². The molecule has 4 aromatic heterocycles. The second kappa shape index (κ2) is 9.70. The van der Waals surface area contributed by atoms with Crippen molar-refractivity contribution in [2.75, 3.05) is 18.9 Å². The van der Waals surface area contributed by atoms with Crippen LogP contribution in [0.5, 0.6) is 0 Å². The number of aromatic amines is 1. The molecule has 9 rings (SSSR count). The molecular formula is C25H29N9O10P2S. The van der Waals surface area contributed by atoms with Crippen LogP contribution in [-0.4, -0.2) is 96.7 Å². The van der Waals surface area contributed by atoms with Crippen molar-refractivity contribution in [3.8, 4) is 0 Å². The number of H-pyrrole nitrogens is 1. The van der Waals surface area contributed by atoms with Crippen LogP contribution in [0.1, 0.15) is 30.7 Å². The zero-order valence-electron chi connectivity index (χ0n) is 24.4. The number of nitrogen functional groups attached to an aromatic ring is 1. The summed E-state index contributed by atoms with van der Waals surface area (Å²) in [6.07, 6.45) is -0.280. The first-order valence-corrected chi connectivity index (χ1v) is 18.9. The Morgan fingerprint density at radius 1 is 0.936 bits per heavy atom. The van der Waals surface area contributed by atoms with Gasteiger partial charge in [0.25, 0.3) is 5.56 Å². The van der Waals surface area contributed by atoms with Gasteiger partial charge in [0.2, 0.25) is 0 Å². The van der Waals surface area contributed by atoms with Crippen LogP contribution in [0.3, 0.4) is 0 Å². The number of aliphatic hydroxyl groups excluding tert-OH is 2. The summed E-state index contributed by atoms with van der Waals surface area (Å²) < 4.78 is 40.0. The molecule has 5 aliphatic rings. The number of aliphatic hydroxyl groups is 2. The van der Waals surface area contributed by atoms with Gasteiger partial charge in [0.05, 0.1) is 38.0 Å². The Bertz CT molecular complexity index is 2150. The molecule has 0 aromatic carbocycles. The number of anilines is 1. The molecule has 47 heavy (non-hydrogen) atoms. The summed E-state index contributed by atoms with van der Waals surface area (Å²) in [5.41, 5.74) is 4.37. The monoisotopic (exact) mass is 709 g/mol. The van der Waals surface area contributed by atoms with Gasteiger partial charge < -0.3 is 48.9 Å². The fourth-order valence-electron chi connectivity index (χ4n) is 8.43. The van der Waals surface area contributed by atoms with Crippen molar-refractivity contribution in [2.24, 2.45) is 22.7 Å². The third-order valence-electron chi connectivity index (χ3n) is 10.7. The molecule has 7 N–H and O–H groups in total. The van der Waals surface area contributed by atoms with E-state index in [4.69, 9.17) is 35.6 Å². The standard InChI is InChI=1S/C25H29N9O10P2S/c1-9-31-22-13(23(37)32-9)30-8-34(22)15-11-3-25(11)5-42-46(40,47)44-19-17(36)14(33-7-29-12-20(26)27-6-28-21(12)33)10-2-24(10,19)4-41-45(38,39)43-18(25)16(15)35/h6-8,10-11,14-19,35-36H,2-5H2,1H3,(H,38,39)(H,40,47)(H2,26,27,28)(H,31,32,37)/t10-,11-,14-,15-,16+,17+,18+,19+,24+,25-,46?/m1/s1. The number of aromatic nitrogens is 8. The van der Waals surface area contributed by atoms with Crippen LogP contribution in [0.2, 0.25) is 0 Å². The maximum atomic E-state index is 13.6. The number of aryl methyl sites for hydroxylation is 1. The van der Waals surface area contributed by atoms with Crippen molar-refractivity contribution in [2.45, 2.75) is 56.3 Å². The van der Waals surface area contributed by atoms with Crippen molar-refractivity contribution >= 4 is 54.5 Å². The van der Waals surface area contributed by atoms with Gasteiger partial charge in [0.1, 0.15) is 42.1 Å². The van der Waals surface area contributed by atoms with Gasteiger partial charge in [0, 0.05) is 10.8 Å². The molecule has 250 valence electrons. The average molecular weight is 710 g/mol. The Morgan fingerprint density at radius 2 is 1.53 bits per heavy atom. The molecular weight excluding hydrogens is 680 g/mol. The highest BCUT2D eigenvalue weighted by Gasteiger charge is 2.76. The molecule has 12 atom stereocenters. The van der Waals surface area contributed by atoms with Gasteiger partial charge in [-0.1, -0.05) is 0 Å². The first-order valence-electron chi connectivity index (χ1n) is 14.8. The molecule has 5 heterocycles. The molecule has 1 saturated heterocycles. The molecule has 2 unspecified atom stereocenters. The summed E-state index contributed by atoms with van der Waals surface area (Å²) in [6, 6.07) is -1.47. The van der Waals surface area contributed by atoms with E-state index < -0.39 is 80.0 Å². The van der Waals surface area contributed by atoms with Gasteiger partial charge in [0.15, 0.2) is 22.6 Å². The summed E-state index contributed by atoms with van der Waals surface area (Å²) >= 11 is 5.45. The second-order valence-electron chi connectivity index (χ2n) is 13.1. The van der Waals surface area contributed by atoms with Gasteiger partial charge >= 0.3 is 14.5 Å². The maximum Gasteiger partial charge on any atom is 0.472 e. The predicted molar refractivity (Wildman–Crippen MR) is 162 cm³/mol. The van der Waals surface area contributed by atoms with Crippen molar-refractivity contribution in [3.63, 3.8) is 0 Å². The highest BCUT2D eigenvalue weighted by molar-refractivity contribution is 8.07. The fourth-order valence-corrected chi connectivity index (χ4v) is 11.0. The smallest absolute Gasteiger partial charge is 0.388 e. The van der Waals surface area contributed by atoms with E-state index in [0.29, 0.717) is 29.8 Å². The van der Waals surface area contributed by atoms with Crippen LogP contribution in [0.15, 0.2) is 23.8 Å². The lowest BCUT2D eigenvalue weighted by atomic mass is 10.0. The van der Waals surface area contributed by atoms with Gasteiger partial charge in [-0.15, -0.1) is 0 Å². The van der Waals surface area contributed by atoms with Crippen molar-refractivity contribution < 1.29 is 42.7 Å². The number of phosphoric ester groups is 1. The quantitative estimate of drug-likeness (QED) is 0.147. The molecule has 4 saturated carbocycles. The van der Waals surface area contributed by atoms with E-state index in [1.165, 1.54) is 19.0 Å². The lowest BCUT2D eigenvalue weighted by Gasteiger charge is -2.34. The minimum Gasteiger partial charge on any atom is -0.388 e. The largest absolute Gasteiger partial charge is 0.472 e. The minimum atomic E-state index is -4.86. The number of phosphoric acid groups is 1. The Hall–Kier alpha value is -2.74. The number of nitrogens with one attached hydrogen (secondary N) is 1. The average Bonchev–Trinajstić information content (AvgIpc) is 3.71. The van der Waals surface area contributed by atoms with Gasteiger partial charge in [-0.25, -0.2) is 29.5 Å². The number of nitrogens with zero attached hydrogens (tertiary/aromatic N) is 7. The van der Waals surface area contributed by atoms with E-state index in [0.717, 1.165) is 0 Å². The van der Waals surface area contributed by atoms with E-state index in [1.54, 1.807) is 16.1 Å². The summed E-state index contributed by atoms with van der Waals surface area (Å²) in [6.45, 7) is -3.15. The molecule has 0 bridgehead atoms. The van der Waals surface area contributed by atoms with Crippen LogP contribution in [0.25, 0.3) is 22.3 Å². The molecule has 0 radical (unpaired) electrons. The zero-order valence-corrected chi connectivity index (χ0v) is 27.0. The Kier molecular flexibility index (Phi) is 6.26. The normalized spacial score (nSPS) is 44.3. The highest BCUT2D eigenvalue weighted by Crippen LogP contribution is 2.75. The fraction of sp³-hybridized carbons (Fsp3) is 0.600. The maximum absolute atomic E-state index is 13.6. The summed E-state index contributed by atoms with van der Waals surface area (Å²) in [4.78, 5) is 58.6. The number of imidazole rings is 2. The van der Waals surface area contributed by atoms with E-state index in [1.807, 2.05) is 0 Å². The van der Waals surface area contributed by atoms with Crippen LogP contribution in [-0.2, 0) is 34.5 Å². The van der Waals surface area contributed by atoms with Crippen LogP contribution >= 0.6 is 14.5 Å². The van der Waals surface area contributed by atoms with Crippen LogP contribution in [0.4, 0.5) is 5.82 Å². The van der Waals surface area contributed by atoms with Crippen molar-refractivity contribution in [3.05, 3.63) is 35.2 Å². The molecule has 4 aromatic rings. The summed E-state index contributed by atoms with van der Waals surface area (Å²) in [5, 5.41) is 23.2. The minimum absolute atomic E-state index is 0.0669. The Morgan fingerprint density at radius 3 is 2.21 bits per heavy atom. The van der Waals surface area contributed by atoms with Gasteiger partial charge in [-0.2, -0.15) is 0 Å². The molecule has 19 nitrogen and oxygen atoms in total. The number of rotatable bonds is 2. The van der Waals surface area contributed by atoms with Crippen molar-refractivity contribution in [1.82, 2.24) is 39.0 Å². The van der Waals surface area contributed by atoms with Crippen molar-refractivity contribution in [1.29, 1.82) is 0 Å². The lowest BCUT2D eigenvalue weighted by molar-refractivity contribution is -0.0555. The first-order chi connectivity index (χ1) is 22.3. The Balaban J connectivity index is 1.06. The molecule has 0 amide bonds.